The molecule has 2 saturated heterocycles. The average molecular weight is 551 g/mol. The molecule has 0 N–H and O–H groups in total. The van der Waals surface area contributed by atoms with Gasteiger partial charge in [0.25, 0.3) is 5.91 Å². The molecule has 4 rings (SSSR count). The number of amides is 1. The van der Waals surface area contributed by atoms with Crippen molar-refractivity contribution in [2.45, 2.75) is 24.5 Å². The highest BCUT2D eigenvalue weighted by Crippen LogP contribution is 2.30. The first-order valence-electron chi connectivity index (χ1n) is 11.2. The van der Waals surface area contributed by atoms with Crippen LogP contribution in [0.15, 0.2) is 42.6 Å². The molecular formula is C23H21ClF6N4O3. The van der Waals surface area contributed by atoms with Crippen LogP contribution in [0.2, 0.25) is 5.02 Å². The highest BCUT2D eigenvalue weighted by molar-refractivity contribution is 6.30. The summed E-state index contributed by atoms with van der Waals surface area (Å²) in [6.45, 7) is 1.04. The molecule has 2 aliphatic rings. The summed E-state index contributed by atoms with van der Waals surface area (Å²) < 4.78 is 81.9. The number of hydrogen-bond donors (Lipinski definition) is 0. The van der Waals surface area contributed by atoms with Gasteiger partial charge in [-0.2, -0.15) is 26.3 Å². The van der Waals surface area contributed by atoms with E-state index in [1.54, 1.807) is 4.90 Å². The van der Waals surface area contributed by atoms with Crippen LogP contribution in [-0.2, 0) is 15.7 Å². The number of rotatable bonds is 4. The Balaban J connectivity index is 1.45. The number of piperazine rings is 1. The Morgan fingerprint density at radius 3 is 2.11 bits per heavy atom. The third-order valence-electron chi connectivity index (χ3n) is 6.29. The lowest BCUT2D eigenvalue weighted by Gasteiger charge is -2.39. The van der Waals surface area contributed by atoms with Gasteiger partial charge >= 0.3 is 18.3 Å². The quantitative estimate of drug-likeness (QED) is 0.425. The third kappa shape index (κ3) is 6.27. The van der Waals surface area contributed by atoms with Gasteiger partial charge in [0.2, 0.25) is 0 Å². The number of likely N-dealkylation sites (tertiary alicyclic amines) is 1. The summed E-state index contributed by atoms with van der Waals surface area (Å²) in [5.74, 6) is -2.45. The Morgan fingerprint density at radius 1 is 0.919 bits per heavy atom. The number of alkyl halides is 6. The maximum absolute atomic E-state index is 13.0. The third-order valence-corrected chi connectivity index (χ3v) is 6.54. The first kappa shape index (κ1) is 27.0. The number of aromatic nitrogens is 1. The Labute approximate surface area is 212 Å². The van der Waals surface area contributed by atoms with Crippen LogP contribution in [0, 0.1) is 0 Å². The van der Waals surface area contributed by atoms with Crippen molar-refractivity contribution in [1.29, 1.82) is 0 Å². The first-order valence-corrected chi connectivity index (χ1v) is 11.6. The zero-order chi connectivity index (χ0) is 27.0. The SMILES string of the molecule is O=C(c1ccc(Cl)cc1)N1C[C@H](OC(=O)C(F)(F)F)[C@@H](N2CCN(c3ccc(C(F)(F)F)cn3)CC2)C1. The number of benzene rings is 1. The zero-order valence-electron chi connectivity index (χ0n) is 19.1. The van der Waals surface area contributed by atoms with Crippen molar-refractivity contribution in [1.82, 2.24) is 14.8 Å². The van der Waals surface area contributed by atoms with Gasteiger partial charge in [0.15, 0.2) is 0 Å². The molecule has 2 fully saturated rings. The Bertz CT molecular complexity index is 1120. The minimum Gasteiger partial charge on any atom is -0.452 e. The van der Waals surface area contributed by atoms with Crippen LogP contribution in [-0.4, -0.2) is 84.3 Å². The zero-order valence-corrected chi connectivity index (χ0v) is 19.9. The van der Waals surface area contributed by atoms with E-state index in [0.717, 1.165) is 12.3 Å². The summed E-state index contributed by atoms with van der Waals surface area (Å²) in [4.78, 5) is 33.3. The Morgan fingerprint density at radius 2 is 1.57 bits per heavy atom. The van der Waals surface area contributed by atoms with Gasteiger partial charge in [-0.1, -0.05) is 11.6 Å². The van der Waals surface area contributed by atoms with Crippen LogP contribution in [0.4, 0.5) is 32.2 Å². The number of esters is 1. The summed E-state index contributed by atoms with van der Waals surface area (Å²) >= 11 is 5.85. The predicted octanol–water partition coefficient (Wildman–Crippen LogP) is 3.87. The largest absolute Gasteiger partial charge is 0.490 e. The van der Waals surface area contributed by atoms with Crippen LogP contribution in [0.3, 0.4) is 0 Å². The van der Waals surface area contributed by atoms with Gasteiger partial charge in [0.05, 0.1) is 18.2 Å². The molecule has 200 valence electrons. The molecule has 3 heterocycles. The summed E-state index contributed by atoms with van der Waals surface area (Å²) in [6.07, 6.45) is -10.2. The summed E-state index contributed by atoms with van der Waals surface area (Å²) in [6, 6.07) is 7.49. The maximum Gasteiger partial charge on any atom is 0.490 e. The average Bonchev–Trinajstić information content (AvgIpc) is 3.27. The van der Waals surface area contributed by atoms with Crippen molar-refractivity contribution < 1.29 is 40.7 Å². The van der Waals surface area contributed by atoms with E-state index in [1.807, 2.05) is 4.90 Å². The summed E-state index contributed by atoms with van der Waals surface area (Å²) in [5.41, 5.74) is -0.593. The molecule has 0 saturated carbocycles. The van der Waals surface area contributed by atoms with Gasteiger partial charge in [-0.3, -0.25) is 9.69 Å². The number of ether oxygens (including phenoxy) is 1. The first-order chi connectivity index (χ1) is 17.3. The molecule has 1 amide bonds. The van der Waals surface area contributed by atoms with Crippen LogP contribution in [0.25, 0.3) is 0 Å². The van der Waals surface area contributed by atoms with Gasteiger partial charge in [-0.25, -0.2) is 9.78 Å². The lowest BCUT2D eigenvalue weighted by Crippen LogP contribution is -2.55. The molecular weight excluding hydrogens is 530 g/mol. The van der Waals surface area contributed by atoms with Crippen molar-refractivity contribution in [3.63, 3.8) is 0 Å². The van der Waals surface area contributed by atoms with E-state index >= 15 is 0 Å². The second-order valence-corrected chi connectivity index (χ2v) is 9.09. The Kier molecular flexibility index (Phi) is 7.56. The number of pyridine rings is 1. The van der Waals surface area contributed by atoms with Crippen LogP contribution < -0.4 is 4.90 Å². The summed E-state index contributed by atoms with van der Waals surface area (Å²) in [5, 5.41) is 0.410. The molecule has 37 heavy (non-hydrogen) atoms. The van der Waals surface area contributed by atoms with Gasteiger partial charge in [0.1, 0.15) is 11.9 Å². The highest BCUT2D eigenvalue weighted by atomic mass is 35.5. The number of halogens is 7. The molecule has 2 aliphatic heterocycles. The fraction of sp³-hybridized carbons (Fsp3) is 0.435. The molecule has 14 heteroatoms. The minimum absolute atomic E-state index is 0.0236. The molecule has 0 spiro atoms. The fourth-order valence-corrected chi connectivity index (χ4v) is 4.52. The van der Waals surface area contributed by atoms with Gasteiger partial charge < -0.3 is 14.5 Å². The molecule has 2 atom stereocenters. The summed E-state index contributed by atoms with van der Waals surface area (Å²) in [7, 11) is 0. The molecule has 0 unspecified atom stereocenters. The molecule has 2 aromatic rings. The van der Waals surface area contributed by atoms with Crippen LogP contribution in [0.5, 0.6) is 0 Å². The number of anilines is 1. The number of hydrogen-bond acceptors (Lipinski definition) is 6. The van der Waals surface area contributed by atoms with Crippen molar-refractivity contribution in [3.05, 3.63) is 58.7 Å². The topological polar surface area (TPSA) is 66.0 Å². The minimum atomic E-state index is -5.19. The number of carbonyl (C=O) groups is 2. The van der Waals surface area contributed by atoms with E-state index in [0.29, 0.717) is 37.0 Å². The van der Waals surface area contributed by atoms with E-state index in [9.17, 15) is 35.9 Å². The number of nitrogens with zero attached hydrogens (tertiary/aromatic N) is 4. The standard InChI is InChI=1S/C23H21ClF6N4O3/c24-16-4-1-14(2-5-16)20(35)34-12-17(18(13-34)37-21(36)23(28,29)30)32-7-9-33(10-8-32)19-6-3-15(11-31-19)22(25,26)27/h1-6,11,17-18H,7-10,12-13H2/t17-,18-/m0/s1. The van der Waals surface area contributed by atoms with Crippen LogP contribution in [0.1, 0.15) is 15.9 Å². The monoisotopic (exact) mass is 550 g/mol. The Hall–Kier alpha value is -3.06. The molecule has 0 bridgehead atoms. The van der Waals surface area contributed by atoms with Crippen LogP contribution >= 0.6 is 11.6 Å². The fourth-order valence-electron chi connectivity index (χ4n) is 4.39. The van der Waals surface area contributed by atoms with E-state index in [-0.39, 0.29) is 18.7 Å². The molecule has 0 radical (unpaired) electrons. The van der Waals surface area contributed by atoms with E-state index in [2.05, 4.69) is 4.98 Å². The van der Waals surface area contributed by atoms with Crippen molar-refractivity contribution >= 4 is 29.3 Å². The van der Waals surface area contributed by atoms with Crippen molar-refractivity contribution in [2.75, 3.05) is 44.2 Å². The maximum atomic E-state index is 13.0. The second-order valence-electron chi connectivity index (χ2n) is 8.65. The van der Waals surface area contributed by atoms with Gasteiger partial charge in [-0.15, -0.1) is 0 Å². The van der Waals surface area contributed by atoms with Crippen molar-refractivity contribution in [3.8, 4) is 0 Å². The molecule has 1 aromatic heterocycles. The molecule has 1 aromatic carbocycles. The second kappa shape index (κ2) is 10.4. The number of carbonyl (C=O) groups excluding carboxylic acids is 2. The predicted molar refractivity (Wildman–Crippen MR) is 120 cm³/mol. The van der Waals surface area contributed by atoms with Crippen molar-refractivity contribution in [2.24, 2.45) is 0 Å². The van der Waals surface area contributed by atoms with E-state index in [1.165, 1.54) is 35.2 Å². The lowest BCUT2D eigenvalue weighted by molar-refractivity contribution is -0.206. The molecule has 0 aliphatic carbocycles. The smallest absolute Gasteiger partial charge is 0.452 e. The van der Waals surface area contributed by atoms with Gasteiger partial charge in [0, 0.05) is 49.5 Å². The van der Waals surface area contributed by atoms with E-state index in [4.69, 9.17) is 16.3 Å². The van der Waals surface area contributed by atoms with E-state index < -0.39 is 41.9 Å². The van der Waals surface area contributed by atoms with Gasteiger partial charge in [-0.05, 0) is 36.4 Å². The molecule has 7 nitrogen and oxygen atoms in total. The normalized spacial score (nSPS) is 21.3. The highest BCUT2D eigenvalue weighted by Gasteiger charge is 2.47. The lowest BCUT2D eigenvalue weighted by atomic mass is 10.1.